The van der Waals surface area contributed by atoms with Crippen molar-refractivity contribution in [2.24, 2.45) is 0 Å². The fraction of sp³-hybridized carbons (Fsp3) is 0.450. The topological polar surface area (TPSA) is 42.6 Å². The van der Waals surface area contributed by atoms with E-state index in [1.807, 2.05) is 16.0 Å². The number of nitrogens with zero attached hydrogens (tertiary/aromatic N) is 3. The lowest BCUT2D eigenvalue weighted by molar-refractivity contribution is 0.130. The van der Waals surface area contributed by atoms with Crippen molar-refractivity contribution in [3.8, 4) is 0 Å². The molecule has 25 heavy (non-hydrogen) atoms. The van der Waals surface area contributed by atoms with E-state index in [-0.39, 0.29) is 11.4 Å². The minimum Gasteiger partial charge on any atom is -0.355 e. The molecule has 0 radical (unpaired) electrons. The van der Waals surface area contributed by atoms with Crippen molar-refractivity contribution in [2.75, 3.05) is 39.8 Å². The second-order valence-corrected chi connectivity index (χ2v) is 7.86. The number of para-hydroxylation sites is 1. The van der Waals surface area contributed by atoms with E-state index in [0.717, 1.165) is 37.4 Å². The van der Waals surface area contributed by atoms with Gasteiger partial charge < -0.3 is 19.7 Å². The van der Waals surface area contributed by atoms with Crippen LogP contribution < -0.4 is 0 Å². The number of urea groups is 1. The molecule has 4 rings (SSSR count). The molecule has 1 aromatic carbocycles. The Hall–Kier alpha value is -2.27. The molecule has 0 bridgehead atoms. The van der Waals surface area contributed by atoms with Crippen LogP contribution in [0.1, 0.15) is 25.1 Å². The Balaban J connectivity index is 1.65. The number of benzene rings is 1. The number of fused-ring (bicyclic) bond motifs is 3. The van der Waals surface area contributed by atoms with Crippen LogP contribution in [0.15, 0.2) is 30.5 Å². The normalized spacial score (nSPS) is 20.6. The first kappa shape index (κ1) is 16.2. The summed E-state index contributed by atoms with van der Waals surface area (Å²) in [5.74, 6) is 0. The van der Waals surface area contributed by atoms with Gasteiger partial charge in [0.1, 0.15) is 0 Å². The first-order valence-electron chi connectivity index (χ1n) is 8.99. The third-order valence-corrected chi connectivity index (χ3v) is 5.42. The molecule has 5 nitrogen and oxygen atoms in total. The summed E-state index contributed by atoms with van der Waals surface area (Å²) in [5.41, 5.74) is 3.44. The summed E-state index contributed by atoms with van der Waals surface area (Å²) < 4.78 is 0. The molecule has 0 atom stereocenters. The number of rotatable bonds is 0. The van der Waals surface area contributed by atoms with Gasteiger partial charge in [-0.2, -0.15) is 0 Å². The van der Waals surface area contributed by atoms with Gasteiger partial charge in [-0.25, -0.2) is 4.79 Å². The Labute approximate surface area is 148 Å². The zero-order valence-electron chi connectivity index (χ0n) is 15.2. The van der Waals surface area contributed by atoms with Crippen LogP contribution in [0.5, 0.6) is 0 Å². The fourth-order valence-corrected chi connectivity index (χ4v) is 4.05. The lowest BCUT2D eigenvalue weighted by atomic mass is 9.82. The molecule has 0 unspecified atom stereocenters. The first-order valence-corrected chi connectivity index (χ1v) is 8.99. The summed E-state index contributed by atoms with van der Waals surface area (Å²) in [6.07, 6.45) is 4.00. The van der Waals surface area contributed by atoms with Gasteiger partial charge in [-0.05, 0) is 24.8 Å². The Kier molecular flexibility index (Phi) is 3.84. The molecule has 2 amide bonds. The summed E-state index contributed by atoms with van der Waals surface area (Å²) in [6, 6.07) is 8.53. The molecular weight excluding hydrogens is 312 g/mol. The molecule has 1 saturated heterocycles. The third-order valence-electron chi connectivity index (χ3n) is 5.42. The first-order chi connectivity index (χ1) is 12.0. The predicted octanol–water partition coefficient (Wildman–Crippen LogP) is 3.10. The van der Waals surface area contributed by atoms with Crippen LogP contribution in [0.2, 0.25) is 0 Å². The monoisotopic (exact) mass is 338 g/mol. The van der Waals surface area contributed by atoms with Crippen LogP contribution in [-0.4, -0.2) is 65.5 Å². The van der Waals surface area contributed by atoms with E-state index < -0.39 is 0 Å². The van der Waals surface area contributed by atoms with Gasteiger partial charge in [0.15, 0.2) is 0 Å². The third kappa shape index (κ3) is 2.82. The smallest absolute Gasteiger partial charge is 0.324 e. The van der Waals surface area contributed by atoms with Gasteiger partial charge in [-0.15, -0.1) is 0 Å². The molecular formula is C20H26N4O. The van der Waals surface area contributed by atoms with Crippen LogP contribution >= 0.6 is 0 Å². The average molecular weight is 338 g/mol. The summed E-state index contributed by atoms with van der Waals surface area (Å²) in [6.45, 7) is 8.62. The standard InChI is InChI=1S/C20H26N4O/c1-20(2)14-24(19(25)23-12-10-22(3)11-13-23)9-8-17-18(20)15-6-4-5-7-16(15)21-17/h4-9,21H,10-14H2,1-3H3. The number of likely N-dealkylation sites (N-methyl/N-ethyl adjacent to an activating group) is 1. The van der Waals surface area contributed by atoms with Crippen molar-refractivity contribution >= 4 is 23.0 Å². The number of piperazine rings is 1. The molecule has 0 spiro atoms. The minimum absolute atomic E-state index is 0.117. The van der Waals surface area contributed by atoms with E-state index in [2.05, 4.69) is 61.1 Å². The summed E-state index contributed by atoms with van der Waals surface area (Å²) in [7, 11) is 2.11. The largest absolute Gasteiger partial charge is 0.355 e. The maximum atomic E-state index is 13.0. The number of aromatic nitrogens is 1. The fourth-order valence-electron chi connectivity index (χ4n) is 4.05. The molecule has 2 aliphatic heterocycles. The van der Waals surface area contributed by atoms with Crippen LogP contribution in [0.4, 0.5) is 4.79 Å². The second-order valence-electron chi connectivity index (χ2n) is 7.86. The van der Waals surface area contributed by atoms with Gasteiger partial charge in [0.05, 0.1) is 0 Å². The Morgan fingerprint density at radius 2 is 1.84 bits per heavy atom. The molecule has 1 fully saturated rings. The zero-order chi connectivity index (χ0) is 17.6. The number of aromatic amines is 1. The van der Waals surface area contributed by atoms with Crippen molar-refractivity contribution in [1.82, 2.24) is 19.7 Å². The molecule has 3 heterocycles. The van der Waals surface area contributed by atoms with Crippen molar-refractivity contribution in [2.45, 2.75) is 19.3 Å². The van der Waals surface area contributed by atoms with E-state index in [4.69, 9.17) is 0 Å². The van der Waals surface area contributed by atoms with Gasteiger partial charge in [0.25, 0.3) is 0 Å². The van der Waals surface area contributed by atoms with Crippen LogP contribution in [0, 0.1) is 0 Å². The number of hydrogen-bond donors (Lipinski definition) is 1. The van der Waals surface area contributed by atoms with Gasteiger partial charge >= 0.3 is 6.03 Å². The lowest BCUT2D eigenvalue weighted by Gasteiger charge is -2.37. The zero-order valence-corrected chi connectivity index (χ0v) is 15.2. The van der Waals surface area contributed by atoms with E-state index in [1.165, 1.54) is 10.9 Å². The van der Waals surface area contributed by atoms with Gasteiger partial charge in [-0.3, -0.25) is 0 Å². The SMILES string of the molecule is CN1CCN(C(=O)N2C=Cc3[nH]c4ccccc4c3C(C)(C)C2)CC1. The molecule has 1 aromatic heterocycles. The number of H-pyrrole nitrogens is 1. The highest BCUT2D eigenvalue weighted by Crippen LogP contribution is 2.37. The van der Waals surface area contributed by atoms with E-state index >= 15 is 0 Å². The van der Waals surface area contributed by atoms with E-state index in [9.17, 15) is 4.79 Å². The highest BCUT2D eigenvalue weighted by molar-refractivity contribution is 5.89. The molecule has 0 saturated carbocycles. The van der Waals surface area contributed by atoms with Crippen LogP contribution in [0.25, 0.3) is 17.0 Å². The number of carbonyl (C=O) groups is 1. The molecule has 0 aliphatic carbocycles. The highest BCUT2D eigenvalue weighted by Gasteiger charge is 2.34. The van der Waals surface area contributed by atoms with Crippen LogP contribution in [0.3, 0.4) is 0 Å². The van der Waals surface area contributed by atoms with E-state index in [0.29, 0.717) is 6.54 Å². The number of carbonyl (C=O) groups excluding carboxylic acids is 1. The molecule has 132 valence electrons. The highest BCUT2D eigenvalue weighted by atomic mass is 16.2. The number of amides is 2. The minimum atomic E-state index is -0.124. The van der Waals surface area contributed by atoms with Gasteiger partial charge in [-0.1, -0.05) is 32.0 Å². The summed E-state index contributed by atoms with van der Waals surface area (Å²) >= 11 is 0. The van der Waals surface area contributed by atoms with Crippen LogP contribution in [-0.2, 0) is 5.41 Å². The molecule has 2 aliphatic rings. The second kappa shape index (κ2) is 5.92. The van der Waals surface area contributed by atoms with E-state index in [1.54, 1.807) is 0 Å². The maximum Gasteiger partial charge on any atom is 0.324 e. The Morgan fingerprint density at radius 1 is 1.12 bits per heavy atom. The summed E-state index contributed by atoms with van der Waals surface area (Å²) in [5, 5.41) is 1.25. The van der Waals surface area contributed by atoms with Crippen molar-refractivity contribution in [3.05, 3.63) is 41.7 Å². The number of nitrogens with one attached hydrogen (secondary N) is 1. The molecule has 5 heteroatoms. The predicted molar refractivity (Wildman–Crippen MR) is 102 cm³/mol. The maximum absolute atomic E-state index is 13.0. The number of hydrogen-bond acceptors (Lipinski definition) is 2. The Bertz CT molecular complexity index is 827. The van der Waals surface area contributed by atoms with Gasteiger partial charge in [0.2, 0.25) is 0 Å². The molecule has 1 N–H and O–H groups in total. The van der Waals surface area contributed by atoms with Crippen molar-refractivity contribution in [1.29, 1.82) is 0 Å². The lowest BCUT2D eigenvalue weighted by Crippen LogP contribution is -2.52. The average Bonchev–Trinajstić information content (AvgIpc) is 2.91. The quantitative estimate of drug-likeness (QED) is 0.802. The Morgan fingerprint density at radius 3 is 2.60 bits per heavy atom. The van der Waals surface area contributed by atoms with Crippen molar-refractivity contribution < 1.29 is 4.79 Å². The van der Waals surface area contributed by atoms with Crippen molar-refractivity contribution in [3.63, 3.8) is 0 Å². The molecule has 2 aromatic rings. The van der Waals surface area contributed by atoms with Gasteiger partial charge in [0, 0.05) is 60.9 Å². The summed E-state index contributed by atoms with van der Waals surface area (Å²) in [4.78, 5) is 22.6.